The lowest BCUT2D eigenvalue weighted by Crippen LogP contribution is -2.29. The van der Waals surface area contributed by atoms with Crippen LogP contribution in [0.1, 0.15) is 47.0 Å². The Kier molecular flexibility index (Phi) is 7.11. The fourth-order valence-electron chi connectivity index (χ4n) is 2.71. The highest BCUT2D eigenvalue weighted by molar-refractivity contribution is 7.80. The molecule has 0 amide bonds. The van der Waals surface area contributed by atoms with Crippen molar-refractivity contribution in [2.45, 2.75) is 52.6 Å². The molecular weight excluding hydrogens is 414 g/mol. The summed E-state index contributed by atoms with van der Waals surface area (Å²) < 4.78 is 6.46. The predicted octanol–water partition coefficient (Wildman–Crippen LogP) is 4.15. The van der Waals surface area contributed by atoms with Crippen LogP contribution in [0.15, 0.2) is 30.7 Å². The molecule has 0 atom stereocenters. The summed E-state index contributed by atoms with van der Waals surface area (Å²) in [6.45, 7) is 8.38. The zero-order valence-corrected chi connectivity index (χ0v) is 19.0. The lowest BCUT2D eigenvalue weighted by atomic mass is 10.2. The molecule has 0 radical (unpaired) electrons. The first-order chi connectivity index (χ1) is 14.7. The number of ether oxygens (including phenoxy) is 1. The molecule has 9 nitrogen and oxygen atoms in total. The van der Waals surface area contributed by atoms with Crippen molar-refractivity contribution in [1.82, 2.24) is 30.0 Å². The minimum Gasteiger partial charge on any atom is -0.442 e. The van der Waals surface area contributed by atoms with Gasteiger partial charge in [-0.3, -0.25) is 4.98 Å². The molecule has 2 N–H and O–H groups in total. The molecule has 0 spiro atoms. The number of fused-ring (bicyclic) bond motifs is 1. The number of pyridine rings is 1. The van der Waals surface area contributed by atoms with E-state index in [-0.39, 0.29) is 0 Å². The summed E-state index contributed by atoms with van der Waals surface area (Å²) in [5.74, 6) is 0.580. The van der Waals surface area contributed by atoms with Crippen molar-refractivity contribution in [3.05, 3.63) is 30.7 Å². The van der Waals surface area contributed by atoms with E-state index in [9.17, 15) is 4.79 Å². The zero-order chi connectivity index (χ0) is 22.4. The molecule has 164 valence electrons. The maximum atomic E-state index is 12.2. The van der Waals surface area contributed by atoms with Crippen molar-refractivity contribution in [3.63, 3.8) is 0 Å². The molecule has 0 aliphatic heterocycles. The van der Waals surface area contributed by atoms with E-state index in [1.54, 1.807) is 39.2 Å². The van der Waals surface area contributed by atoms with Crippen LogP contribution in [0, 0.1) is 0 Å². The van der Waals surface area contributed by atoms with Gasteiger partial charge in [0.25, 0.3) is 0 Å². The Labute approximate surface area is 186 Å². The normalized spacial score (nSPS) is 11.4. The second-order valence-electron chi connectivity index (χ2n) is 8.04. The Morgan fingerprint density at radius 2 is 2.00 bits per heavy atom. The van der Waals surface area contributed by atoms with Gasteiger partial charge in [-0.2, -0.15) is 9.78 Å². The molecule has 0 unspecified atom stereocenters. The minimum atomic E-state index is -0.606. The van der Waals surface area contributed by atoms with Crippen LogP contribution in [0.3, 0.4) is 0 Å². The maximum Gasteiger partial charge on any atom is 0.435 e. The average molecular weight is 442 g/mol. The van der Waals surface area contributed by atoms with E-state index in [4.69, 9.17) is 17.0 Å². The summed E-state index contributed by atoms with van der Waals surface area (Å²) in [4.78, 5) is 25.7. The smallest absolute Gasteiger partial charge is 0.435 e. The number of nitrogens with one attached hydrogen (secondary N) is 2. The molecule has 0 saturated heterocycles. The number of nitrogens with zero attached hydrogens (tertiary/aromatic N) is 5. The first-order valence-corrected chi connectivity index (χ1v) is 10.6. The molecule has 0 aromatic carbocycles. The van der Waals surface area contributed by atoms with Crippen LogP contribution < -0.4 is 10.6 Å². The van der Waals surface area contributed by atoms with E-state index in [0.29, 0.717) is 33.4 Å². The quantitative estimate of drug-likeness (QED) is 0.431. The van der Waals surface area contributed by atoms with Crippen molar-refractivity contribution in [2.75, 3.05) is 11.9 Å². The lowest BCUT2D eigenvalue weighted by molar-refractivity contribution is 0.0514. The largest absolute Gasteiger partial charge is 0.442 e. The third-order valence-corrected chi connectivity index (χ3v) is 4.42. The van der Waals surface area contributed by atoms with Gasteiger partial charge < -0.3 is 15.4 Å². The zero-order valence-electron chi connectivity index (χ0n) is 18.2. The van der Waals surface area contributed by atoms with Gasteiger partial charge in [-0.1, -0.05) is 19.8 Å². The van der Waals surface area contributed by atoms with Crippen LogP contribution in [0.5, 0.6) is 0 Å². The fourth-order valence-corrected chi connectivity index (χ4v) is 2.91. The average Bonchev–Trinajstić information content (AvgIpc) is 3.20. The minimum absolute atomic E-state index is 0.460. The Hall–Kier alpha value is -3.14. The molecule has 31 heavy (non-hydrogen) atoms. The highest BCUT2D eigenvalue weighted by Gasteiger charge is 2.19. The molecular formula is C21H27N7O2S. The van der Waals surface area contributed by atoms with Gasteiger partial charge in [-0.25, -0.2) is 14.8 Å². The van der Waals surface area contributed by atoms with Crippen molar-refractivity contribution < 1.29 is 9.53 Å². The van der Waals surface area contributed by atoms with Gasteiger partial charge in [0.2, 0.25) is 0 Å². The molecule has 0 aliphatic rings. The van der Waals surface area contributed by atoms with Crippen LogP contribution in [0.4, 0.5) is 10.6 Å². The van der Waals surface area contributed by atoms with Crippen LogP contribution in [0.2, 0.25) is 0 Å². The number of anilines is 1. The second kappa shape index (κ2) is 9.78. The van der Waals surface area contributed by atoms with Crippen LogP contribution >= 0.6 is 12.2 Å². The van der Waals surface area contributed by atoms with Gasteiger partial charge in [0.05, 0.1) is 18.1 Å². The highest BCUT2D eigenvalue weighted by atomic mass is 32.1. The number of carbonyl (C=O) groups excluding carboxylic acids is 1. The first kappa shape index (κ1) is 22.5. The van der Waals surface area contributed by atoms with Crippen LogP contribution in [0.25, 0.3) is 22.4 Å². The van der Waals surface area contributed by atoms with Gasteiger partial charge in [-0.05, 0) is 51.5 Å². The third-order valence-electron chi connectivity index (χ3n) is 4.17. The Bertz CT molecular complexity index is 1080. The predicted molar refractivity (Wildman–Crippen MR) is 124 cm³/mol. The molecule has 0 saturated carbocycles. The highest BCUT2D eigenvalue weighted by Crippen LogP contribution is 2.19. The van der Waals surface area contributed by atoms with E-state index >= 15 is 0 Å². The number of hydrogen-bond donors (Lipinski definition) is 2. The molecule has 3 aromatic rings. The number of rotatable bonds is 6. The summed E-state index contributed by atoms with van der Waals surface area (Å²) in [6.07, 6.45) is 7.54. The fraction of sp³-hybridized carbons (Fsp3) is 0.429. The molecule has 0 fully saturated rings. The molecule has 3 rings (SSSR count). The topological polar surface area (TPSA) is 107 Å². The summed E-state index contributed by atoms with van der Waals surface area (Å²) in [5, 5.41) is 10.8. The number of thiocarbonyl (C=S) groups is 1. The lowest BCUT2D eigenvalue weighted by Gasteiger charge is -2.18. The van der Waals surface area contributed by atoms with E-state index < -0.39 is 11.7 Å². The van der Waals surface area contributed by atoms with Crippen LogP contribution in [-0.4, -0.2) is 48.1 Å². The summed E-state index contributed by atoms with van der Waals surface area (Å²) >= 11 is 5.32. The Morgan fingerprint density at radius 1 is 1.19 bits per heavy atom. The van der Waals surface area contributed by atoms with Gasteiger partial charge in [0.1, 0.15) is 16.9 Å². The molecule has 10 heteroatoms. The molecule has 3 aromatic heterocycles. The van der Waals surface area contributed by atoms with Gasteiger partial charge >= 0.3 is 6.09 Å². The Balaban J connectivity index is 1.73. The summed E-state index contributed by atoms with van der Waals surface area (Å²) in [6, 6.07) is 3.63. The van der Waals surface area contributed by atoms with Crippen molar-refractivity contribution in [1.29, 1.82) is 0 Å². The van der Waals surface area contributed by atoms with Crippen molar-refractivity contribution >= 4 is 40.4 Å². The molecule has 0 bridgehead atoms. The number of carbonyl (C=O) groups is 1. The Morgan fingerprint density at radius 3 is 2.74 bits per heavy atom. The third kappa shape index (κ3) is 6.42. The van der Waals surface area contributed by atoms with Gasteiger partial charge in [0, 0.05) is 18.3 Å². The summed E-state index contributed by atoms with van der Waals surface area (Å²) in [5.41, 5.74) is 1.68. The first-order valence-electron chi connectivity index (χ1n) is 10.2. The SMILES string of the molecule is CCCCCNC(=S)Nc1ccc2ncc(-c3cnn(C(=O)OC(C)(C)C)c3)nc2n1. The van der Waals surface area contributed by atoms with E-state index in [2.05, 4.69) is 37.6 Å². The standard InChI is InChI=1S/C21H27N7O2S/c1-5-6-7-10-22-19(31)27-17-9-8-15-18(26-17)25-16(12-23-15)14-11-24-28(13-14)20(29)30-21(2,3)4/h8-9,11-13H,5-7,10H2,1-4H3,(H2,22,25,26,27,31). The number of hydrogen-bond acceptors (Lipinski definition) is 7. The van der Waals surface area contributed by atoms with Crippen molar-refractivity contribution in [2.24, 2.45) is 0 Å². The van der Waals surface area contributed by atoms with E-state index in [1.807, 2.05) is 6.07 Å². The number of unbranched alkanes of at least 4 members (excludes halogenated alkanes) is 2. The molecule has 0 aliphatic carbocycles. The monoisotopic (exact) mass is 441 g/mol. The van der Waals surface area contributed by atoms with Crippen LogP contribution in [-0.2, 0) is 4.74 Å². The van der Waals surface area contributed by atoms with Gasteiger partial charge in [0.15, 0.2) is 10.8 Å². The summed E-state index contributed by atoms with van der Waals surface area (Å²) in [7, 11) is 0. The van der Waals surface area contributed by atoms with E-state index in [0.717, 1.165) is 30.5 Å². The molecule has 3 heterocycles. The van der Waals surface area contributed by atoms with E-state index in [1.165, 1.54) is 6.20 Å². The maximum absolute atomic E-state index is 12.2. The van der Waals surface area contributed by atoms with Crippen molar-refractivity contribution in [3.8, 4) is 11.3 Å². The van der Waals surface area contributed by atoms with Gasteiger partial charge in [-0.15, -0.1) is 0 Å². The second-order valence-corrected chi connectivity index (χ2v) is 8.44. The number of aromatic nitrogens is 5.